The lowest BCUT2D eigenvalue weighted by Gasteiger charge is -2.20. The fourth-order valence-electron chi connectivity index (χ4n) is 3.76. The van der Waals surface area contributed by atoms with Gasteiger partial charge in [-0.15, -0.1) is 0 Å². The Morgan fingerprint density at radius 1 is 0.603 bits per heavy atom. The maximum absolute atomic E-state index is 9.60. The summed E-state index contributed by atoms with van der Waals surface area (Å²) < 4.78 is 0. The third-order valence-corrected chi connectivity index (χ3v) is 8.14. The zero-order valence-corrected chi connectivity index (χ0v) is 44.8. The molecule has 0 spiro atoms. The van der Waals surface area contributed by atoms with Gasteiger partial charge in [-0.2, -0.15) is 5.26 Å². The summed E-state index contributed by atoms with van der Waals surface area (Å²) in [7, 11) is 0. The maximum Gasteiger partial charge on any atom is 0.330 e. The average Bonchev–Trinajstić information content (AvgIpc) is 3.37. The number of hydrogen-bond acceptors (Lipinski definition) is 8. The minimum absolute atomic E-state index is 0.115. The summed E-state index contributed by atoms with van der Waals surface area (Å²) in [6, 6.07) is 32.6. The number of allylic oxidation sites excluding steroid dienone is 2. The van der Waals surface area contributed by atoms with Gasteiger partial charge in [0.05, 0.1) is 18.8 Å². The first-order valence-electron chi connectivity index (χ1n) is 23.3. The van der Waals surface area contributed by atoms with Crippen molar-refractivity contribution in [2.75, 3.05) is 6.61 Å². The van der Waals surface area contributed by atoms with Gasteiger partial charge in [-0.1, -0.05) is 233 Å². The molecule has 0 aliphatic rings. The fourth-order valence-corrected chi connectivity index (χ4v) is 3.76. The predicted molar refractivity (Wildman–Crippen MR) is 302 cm³/mol. The number of rotatable bonds is 18. The summed E-state index contributed by atoms with van der Waals surface area (Å²) >= 11 is 0. The number of hydrogen-bond donors (Lipinski definition) is 7. The first-order valence-corrected chi connectivity index (χ1v) is 23.3. The van der Waals surface area contributed by atoms with E-state index in [-0.39, 0.29) is 23.3 Å². The molecular formula is C60H87NO12. The highest BCUT2D eigenvalue weighted by Crippen LogP contribution is 2.27. The number of carboxylic acids is 5. The number of nitriles is 1. The Bertz CT molecular complexity index is 1900. The SMILES string of the molecule is C=C(C)C(=O)O.C=C(C)C(=O)O.C=C(C)C(=O)O.C=CC#N.C=CC(=O)O.C=CC(=O)O.C=Cc1ccccc1.CCC(O)CO.CCCCCCCCCC(C)(C)C=Cc1ccccc1.Cc1ccccc1. The lowest BCUT2D eigenvalue weighted by Crippen LogP contribution is -2.08. The molecule has 73 heavy (non-hydrogen) atoms. The van der Waals surface area contributed by atoms with Gasteiger partial charge in [0.15, 0.2) is 0 Å². The molecule has 3 aromatic carbocycles. The molecule has 0 saturated heterocycles. The van der Waals surface area contributed by atoms with Crippen LogP contribution in [0.5, 0.6) is 0 Å². The van der Waals surface area contributed by atoms with E-state index in [1.54, 1.807) is 6.07 Å². The van der Waals surface area contributed by atoms with Crippen molar-refractivity contribution in [2.45, 2.75) is 119 Å². The molecule has 7 N–H and O–H groups in total. The molecule has 13 nitrogen and oxygen atoms in total. The largest absolute Gasteiger partial charge is 0.478 e. The topological polar surface area (TPSA) is 251 Å². The molecule has 3 rings (SSSR count). The van der Waals surface area contributed by atoms with E-state index < -0.39 is 36.0 Å². The number of unbranched alkanes of at least 4 members (excludes halogenated alkanes) is 6. The van der Waals surface area contributed by atoms with Crippen LogP contribution in [0.4, 0.5) is 0 Å². The molecule has 0 aliphatic carbocycles. The molecular weight excluding hydrogens is 927 g/mol. The Kier molecular flexibility index (Phi) is 63.9. The van der Waals surface area contributed by atoms with Crippen molar-refractivity contribution >= 4 is 42.0 Å². The van der Waals surface area contributed by atoms with E-state index in [1.807, 2.05) is 61.5 Å². The molecule has 0 amide bonds. The molecule has 404 valence electrons. The highest BCUT2D eigenvalue weighted by molar-refractivity contribution is 5.85. The van der Waals surface area contributed by atoms with Crippen LogP contribution in [0.3, 0.4) is 0 Å². The molecule has 0 radical (unpaired) electrons. The zero-order valence-electron chi connectivity index (χ0n) is 44.8. The lowest BCUT2D eigenvalue weighted by molar-refractivity contribution is -0.133. The van der Waals surface area contributed by atoms with Crippen molar-refractivity contribution in [3.8, 4) is 6.07 Å². The molecule has 0 saturated carbocycles. The van der Waals surface area contributed by atoms with Crippen molar-refractivity contribution in [3.63, 3.8) is 0 Å². The molecule has 0 bridgehead atoms. The number of aliphatic carboxylic acids is 5. The van der Waals surface area contributed by atoms with E-state index in [0.717, 1.165) is 12.2 Å². The summed E-state index contributed by atoms with van der Waals surface area (Å²) in [5.41, 5.74) is 4.65. The predicted octanol–water partition coefficient (Wildman–Crippen LogP) is 14.1. The van der Waals surface area contributed by atoms with Crippen LogP contribution in [0.15, 0.2) is 178 Å². The van der Waals surface area contributed by atoms with Crippen LogP contribution >= 0.6 is 0 Å². The van der Waals surface area contributed by atoms with Crippen LogP contribution < -0.4 is 0 Å². The van der Waals surface area contributed by atoms with E-state index in [4.69, 9.17) is 41.0 Å². The second kappa shape index (κ2) is 58.7. The van der Waals surface area contributed by atoms with E-state index in [0.29, 0.717) is 11.8 Å². The number of benzene rings is 3. The van der Waals surface area contributed by atoms with Crippen molar-refractivity contribution in [3.05, 3.63) is 195 Å². The fraction of sp³-hybridized carbons (Fsp3) is 0.333. The van der Waals surface area contributed by atoms with E-state index in [9.17, 15) is 24.0 Å². The Labute approximate surface area is 437 Å². The van der Waals surface area contributed by atoms with E-state index in [2.05, 4.69) is 128 Å². The summed E-state index contributed by atoms with van der Waals surface area (Å²) in [6.07, 6.45) is 20.5. The molecule has 0 fully saturated rings. The highest BCUT2D eigenvalue weighted by atomic mass is 16.4. The molecule has 3 aromatic rings. The third kappa shape index (κ3) is 81.6. The summed E-state index contributed by atoms with van der Waals surface area (Å²) in [5, 5.41) is 62.9. The van der Waals surface area contributed by atoms with Gasteiger partial charge in [-0.05, 0) is 57.1 Å². The molecule has 0 aromatic heterocycles. The van der Waals surface area contributed by atoms with Crippen LogP contribution in [0.25, 0.3) is 12.2 Å². The lowest BCUT2D eigenvalue weighted by atomic mass is 9.86. The van der Waals surface area contributed by atoms with Crippen LogP contribution in [0, 0.1) is 23.7 Å². The second-order valence-electron chi connectivity index (χ2n) is 15.8. The smallest absolute Gasteiger partial charge is 0.330 e. The Balaban J connectivity index is -0.000000141. The van der Waals surface area contributed by atoms with Gasteiger partial charge in [0.25, 0.3) is 0 Å². The molecule has 13 heteroatoms. The number of aliphatic hydroxyl groups is 2. The van der Waals surface area contributed by atoms with E-state index in [1.165, 1.54) is 94.9 Å². The Morgan fingerprint density at radius 3 is 1.11 bits per heavy atom. The monoisotopic (exact) mass is 1010 g/mol. The average molecular weight is 1010 g/mol. The molecule has 1 atom stereocenters. The van der Waals surface area contributed by atoms with Crippen molar-refractivity contribution in [1.29, 1.82) is 5.26 Å². The van der Waals surface area contributed by atoms with Gasteiger partial charge in [0.2, 0.25) is 0 Å². The number of aryl methyl sites for hydroxylation is 1. The van der Waals surface area contributed by atoms with Gasteiger partial charge < -0.3 is 35.7 Å². The number of carboxylic acid groups (broad SMARTS) is 5. The summed E-state index contributed by atoms with van der Waals surface area (Å²) in [6.45, 7) is 37.2. The molecule has 0 aliphatic heterocycles. The van der Waals surface area contributed by atoms with Crippen LogP contribution in [0.1, 0.15) is 123 Å². The van der Waals surface area contributed by atoms with Gasteiger partial charge >= 0.3 is 29.8 Å². The van der Waals surface area contributed by atoms with Gasteiger partial charge in [-0.3, -0.25) is 0 Å². The van der Waals surface area contributed by atoms with Crippen LogP contribution in [-0.4, -0.2) is 78.3 Å². The van der Waals surface area contributed by atoms with Crippen molar-refractivity contribution < 1.29 is 59.7 Å². The minimum atomic E-state index is -0.981. The Hall–Kier alpha value is -7.66. The standard InChI is InChI=1S/C20H32.C8H8.C7H8.3C4H6O2.C4H10O2.C3H3N.2C3H4O2/c1-4-5-6-7-8-9-13-17-20(2,3)18-16-19-14-11-10-12-15-19;1-2-8-6-4-3-5-7-8;1-7-5-3-2-4-6-7;3*1-3(2)4(5)6;1-2-4(6)3-5;1-2-3-4;2*1-2-3(4)5/h10-12,14-16,18H,4-9,13,17H2,1-3H3;2-7H,1H2;2-6H,1H3;3*1H2,2H3,(H,5,6);4-6H,2-3H2,1H3;2H,1H2;2*2H,1H2,(H,4,5). The second-order valence-corrected chi connectivity index (χ2v) is 15.8. The van der Waals surface area contributed by atoms with Crippen molar-refractivity contribution in [2.24, 2.45) is 5.41 Å². The maximum atomic E-state index is 9.60. The normalized spacial score (nSPS) is 9.22. The number of aliphatic hydroxyl groups excluding tert-OH is 2. The highest BCUT2D eigenvalue weighted by Gasteiger charge is 2.12. The van der Waals surface area contributed by atoms with Gasteiger partial charge in [-0.25, -0.2) is 24.0 Å². The summed E-state index contributed by atoms with van der Waals surface area (Å²) in [5.74, 6) is -4.77. The summed E-state index contributed by atoms with van der Waals surface area (Å²) in [4.78, 5) is 47.3. The number of carbonyl (C=O) groups is 5. The van der Waals surface area contributed by atoms with Gasteiger partial charge in [0, 0.05) is 34.9 Å². The van der Waals surface area contributed by atoms with Crippen molar-refractivity contribution in [1.82, 2.24) is 0 Å². The van der Waals surface area contributed by atoms with Crippen LogP contribution in [0.2, 0.25) is 0 Å². The Morgan fingerprint density at radius 2 is 0.904 bits per heavy atom. The number of nitrogens with zero attached hydrogens (tertiary/aromatic N) is 1. The molecule has 1 unspecified atom stereocenters. The first kappa shape index (κ1) is 79.5. The van der Waals surface area contributed by atoms with E-state index >= 15 is 0 Å². The zero-order chi connectivity index (χ0) is 58.1. The van der Waals surface area contributed by atoms with Gasteiger partial charge in [0.1, 0.15) is 0 Å². The van der Waals surface area contributed by atoms with Crippen LogP contribution in [-0.2, 0) is 24.0 Å². The quantitative estimate of drug-likeness (QED) is 0.0356. The molecule has 0 heterocycles. The minimum Gasteiger partial charge on any atom is -0.478 e. The third-order valence-electron chi connectivity index (χ3n) is 8.14. The first-order chi connectivity index (χ1) is 34.2.